The van der Waals surface area contributed by atoms with E-state index in [0.717, 1.165) is 26.2 Å². The second-order valence-corrected chi connectivity index (χ2v) is 6.06. The summed E-state index contributed by atoms with van der Waals surface area (Å²) in [6.07, 6.45) is 1.02. The summed E-state index contributed by atoms with van der Waals surface area (Å²) in [6.45, 7) is 6.29. The SMILES string of the molecule is CN1CCN(NC(=O)N2CCC(C)(C(=O)O)CC2)CC1. The van der Waals surface area contributed by atoms with E-state index < -0.39 is 11.4 Å². The molecule has 7 nitrogen and oxygen atoms in total. The predicted octanol–water partition coefficient (Wildman–Crippen LogP) is 0.0451. The summed E-state index contributed by atoms with van der Waals surface area (Å²) in [5.74, 6) is -0.767. The molecule has 0 aromatic heterocycles. The maximum Gasteiger partial charge on any atom is 0.331 e. The van der Waals surface area contributed by atoms with Crippen LogP contribution in [0.25, 0.3) is 0 Å². The Morgan fingerprint density at radius 1 is 1.05 bits per heavy atom. The molecule has 114 valence electrons. The van der Waals surface area contributed by atoms with Crippen LogP contribution in [0.4, 0.5) is 4.79 Å². The fourth-order valence-electron chi connectivity index (χ4n) is 2.54. The molecule has 0 aliphatic carbocycles. The highest BCUT2D eigenvalue weighted by molar-refractivity contribution is 5.76. The lowest BCUT2D eigenvalue weighted by atomic mass is 9.80. The summed E-state index contributed by atoms with van der Waals surface area (Å²) in [5.41, 5.74) is 2.22. The third-order valence-electron chi connectivity index (χ3n) is 4.43. The highest BCUT2D eigenvalue weighted by atomic mass is 16.4. The van der Waals surface area contributed by atoms with Crippen LogP contribution in [0.2, 0.25) is 0 Å². The Morgan fingerprint density at radius 3 is 2.10 bits per heavy atom. The summed E-state index contributed by atoms with van der Waals surface area (Å²) < 4.78 is 0. The van der Waals surface area contributed by atoms with E-state index in [1.54, 1.807) is 11.8 Å². The van der Waals surface area contributed by atoms with Crippen LogP contribution in [0, 0.1) is 5.41 Å². The van der Waals surface area contributed by atoms with Gasteiger partial charge in [0, 0.05) is 39.3 Å². The van der Waals surface area contributed by atoms with Crippen molar-refractivity contribution in [1.82, 2.24) is 20.2 Å². The molecule has 0 spiro atoms. The van der Waals surface area contributed by atoms with Gasteiger partial charge in [-0.3, -0.25) is 10.2 Å². The number of nitrogens with one attached hydrogen (secondary N) is 1. The normalized spacial score (nSPS) is 24.4. The minimum Gasteiger partial charge on any atom is -0.481 e. The lowest BCUT2D eigenvalue weighted by Gasteiger charge is -2.38. The number of hydrogen-bond acceptors (Lipinski definition) is 4. The fourth-order valence-corrected chi connectivity index (χ4v) is 2.54. The molecule has 7 heteroatoms. The van der Waals surface area contributed by atoms with Crippen molar-refractivity contribution < 1.29 is 14.7 Å². The van der Waals surface area contributed by atoms with E-state index in [0.29, 0.717) is 25.9 Å². The fraction of sp³-hybridized carbons (Fsp3) is 0.846. The Bertz CT molecular complexity index is 372. The molecule has 2 rings (SSSR count). The molecule has 2 aliphatic heterocycles. The van der Waals surface area contributed by atoms with Crippen LogP contribution in [-0.2, 0) is 4.79 Å². The van der Waals surface area contributed by atoms with Gasteiger partial charge in [0.2, 0.25) is 0 Å². The number of carbonyl (C=O) groups excluding carboxylic acids is 1. The van der Waals surface area contributed by atoms with Gasteiger partial charge in [-0.05, 0) is 26.8 Å². The number of rotatable bonds is 2. The van der Waals surface area contributed by atoms with Crippen LogP contribution in [0.5, 0.6) is 0 Å². The Morgan fingerprint density at radius 2 is 1.60 bits per heavy atom. The Kier molecular flexibility index (Phi) is 4.49. The van der Waals surface area contributed by atoms with Crippen LogP contribution in [0.15, 0.2) is 0 Å². The molecule has 2 heterocycles. The van der Waals surface area contributed by atoms with E-state index in [-0.39, 0.29) is 6.03 Å². The number of carbonyl (C=O) groups is 2. The van der Waals surface area contributed by atoms with Crippen molar-refractivity contribution in [1.29, 1.82) is 0 Å². The van der Waals surface area contributed by atoms with E-state index in [1.165, 1.54) is 0 Å². The topological polar surface area (TPSA) is 76.1 Å². The molecule has 0 atom stereocenters. The van der Waals surface area contributed by atoms with Crippen LogP contribution >= 0.6 is 0 Å². The zero-order chi connectivity index (χ0) is 14.8. The van der Waals surface area contributed by atoms with Gasteiger partial charge in [-0.1, -0.05) is 0 Å². The van der Waals surface area contributed by atoms with Crippen molar-refractivity contribution in [3.8, 4) is 0 Å². The highest BCUT2D eigenvalue weighted by Crippen LogP contribution is 2.30. The van der Waals surface area contributed by atoms with Crippen molar-refractivity contribution in [2.75, 3.05) is 46.3 Å². The molecular formula is C13H24N4O3. The van der Waals surface area contributed by atoms with Crippen LogP contribution in [0.3, 0.4) is 0 Å². The largest absolute Gasteiger partial charge is 0.481 e. The van der Waals surface area contributed by atoms with Crippen molar-refractivity contribution in [3.05, 3.63) is 0 Å². The first kappa shape index (κ1) is 15.1. The van der Waals surface area contributed by atoms with E-state index >= 15 is 0 Å². The lowest BCUT2D eigenvalue weighted by molar-refractivity contribution is -0.150. The molecule has 0 saturated carbocycles. The van der Waals surface area contributed by atoms with E-state index in [9.17, 15) is 14.7 Å². The number of carboxylic acid groups (broad SMARTS) is 1. The average Bonchev–Trinajstić information content (AvgIpc) is 2.42. The first-order valence-electron chi connectivity index (χ1n) is 7.13. The number of likely N-dealkylation sites (N-methyl/N-ethyl adjacent to an activating group) is 1. The zero-order valence-corrected chi connectivity index (χ0v) is 12.3. The first-order valence-corrected chi connectivity index (χ1v) is 7.13. The van der Waals surface area contributed by atoms with Gasteiger partial charge < -0.3 is 14.9 Å². The standard InChI is InChI=1S/C13H24N4O3/c1-13(11(18)19)3-5-16(6-4-13)12(20)14-17-9-7-15(2)8-10-17/h3-10H2,1-2H3,(H,14,20)(H,18,19). The summed E-state index contributed by atoms with van der Waals surface area (Å²) in [5, 5.41) is 11.1. The molecule has 2 amide bonds. The van der Waals surface area contributed by atoms with Crippen LogP contribution in [-0.4, -0.2) is 78.2 Å². The van der Waals surface area contributed by atoms with Gasteiger partial charge in [0.05, 0.1) is 5.41 Å². The van der Waals surface area contributed by atoms with E-state index in [1.807, 2.05) is 5.01 Å². The Balaban J connectivity index is 1.79. The summed E-state index contributed by atoms with van der Waals surface area (Å²) in [7, 11) is 2.07. The number of likely N-dealkylation sites (tertiary alicyclic amines) is 1. The number of hydrogen-bond donors (Lipinski definition) is 2. The second-order valence-electron chi connectivity index (χ2n) is 6.06. The molecule has 20 heavy (non-hydrogen) atoms. The van der Waals surface area contributed by atoms with Gasteiger partial charge in [0.15, 0.2) is 0 Å². The smallest absolute Gasteiger partial charge is 0.331 e. The third-order valence-corrected chi connectivity index (χ3v) is 4.43. The van der Waals surface area contributed by atoms with Gasteiger partial charge in [-0.15, -0.1) is 0 Å². The molecule has 0 bridgehead atoms. The monoisotopic (exact) mass is 284 g/mol. The molecule has 0 aromatic carbocycles. The second kappa shape index (κ2) is 5.97. The number of amides is 2. The van der Waals surface area contributed by atoms with Gasteiger partial charge >= 0.3 is 12.0 Å². The molecule has 2 N–H and O–H groups in total. The number of carboxylic acids is 1. The lowest BCUT2D eigenvalue weighted by Crippen LogP contribution is -2.57. The number of hydrazine groups is 1. The van der Waals surface area contributed by atoms with Gasteiger partial charge in [-0.25, -0.2) is 9.80 Å². The van der Waals surface area contributed by atoms with E-state index in [2.05, 4.69) is 17.4 Å². The number of nitrogens with zero attached hydrogens (tertiary/aromatic N) is 3. The molecule has 2 aliphatic rings. The minimum absolute atomic E-state index is 0.109. The Labute approximate surface area is 119 Å². The molecule has 0 unspecified atom stereocenters. The van der Waals surface area contributed by atoms with Crippen LogP contribution < -0.4 is 5.43 Å². The number of piperidine rings is 1. The number of piperazine rings is 1. The minimum atomic E-state index is -0.767. The summed E-state index contributed by atoms with van der Waals surface area (Å²) in [6, 6.07) is -0.109. The third kappa shape index (κ3) is 3.40. The average molecular weight is 284 g/mol. The van der Waals surface area contributed by atoms with Crippen molar-refractivity contribution in [2.24, 2.45) is 5.41 Å². The first-order chi connectivity index (χ1) is 9.40. The van der Waals surface area contributed by atoms with Crippen molar-refractivity contribution in [3.63, 3.8) is 0 Å². The predicted molar refractivity (Wildman–Crippen MR) is 74.2 cm³/mol. The maximum absolute atomic E-state index is 12.1. The van der Waals surface area contributed by atoms with Gasteiger partial charge in [-0.2, -0.15) is 0 Å². The molecule has 0 radical (unpaired) electrons. The van der Waals surface area contributed by atoms with E-state index in [4.69, 9.17) is 0 Å². The molecule has 0 aromatic rings. The Hall–Kier alpha value is -1.34. The number of aliphatic carboxylic acids is 1. The quantitative estimate of drug-likeness (QED) is 0.749. The number of urea groups is 1. The zero-order valence-electron chi connectivity index (χ0n) is 12.3. The van der Waals surface area contributed by atoms with Gasteiger partial charge in [0.1, 0.15) is 0 Å². The molecule has 2 saturated heterocycles. The van der Waals surface area contributed by atoms with Crippen LogP contribution in [0.1, 0.15) is 19.8 Å². The molecule has 2 fully saturated rings. The molecular weight excluding hydrogens is 260 g/mol. The highest BCUT2D eigenvalue weighted by Gasteiger charge is 2.38. The maximum atomic E-state index is 12.1. The summed E-state index contributed by atoms with van der Waals surface area (Å²) in [4.78, 5) is 27.2. The van der Waals surface area contributed by atoms with Gasteiger partial charge in [0.25, 0.3) is 0 Å². The van der Waals surface area contributed by atoms with Crippen molar-refractivity contribution in [2.45, 2.75) is 19.8 Å². The summed E-state index contributed by atoms with van der Waals surface area (Å²) >= 11 is 0. The van der Waals surface area contributed by atoms with Crippen molar-refractivity contribution >= 4 is 12.0 Å².